The molecular weight excluding hydrogens is 159 g/mol. The fourth-order valence-corrected chi connectivity index (χ4v) is 0.767. The summed E-state index contributed by atoms with van der Waals surface area (Å²) in [6.45, 7) is 2.02. The topological polar surface area (TPSA) is 27.1 Å². The number of methoxy groups -OCH3 is 1. The van der Waals surface area contributed by atoms with E-state index in [0.29, 0.717) is 6.54 Å². The minimum absolute atomic E-state index is 0.0674. The third kappa shape index (κ3) is 1.56. The zero-order valence-corrected chi connectivity index (χ0v) is 6.89. The second-order valence-electron chi connectivity index (χ2n) is 2.02. The number of nitrogens with zero attached hydrogens (tertiary/aromatic N) is 2. The maximum absolute atomic E-state index is 12.7. The first-order valence-electron chi connectivity index (χ1n) is 3.37. The summed E-state index contributed by atoms with van der Waals surface area (Å²) < 4.78 is 18.8. The van der Waals surface area contributed by atoms with Crippen molar-refractivity contribution in [1.82, 2.24) is 9.78 Å². The summed E-state index contributed by atoms with van der Waals surface area (Å²) in [5.74, 6) is 4.89. The van der Waals surface area contributed by atoms with Gasteiger partial charge in [0, 0.05) is 0 Å². The summed E-state index contributed by atoms with van der Waals surface area (Å²) in [5, 5.41) is 3.61. The zero-order chi connectivity index (χ0) is 8.97. The van der Waals surface area contributed by atoms with E-state index in [1.807, 2.05) is 0 Å². The molecule has 0 aliphatic heterocycles. The molecule has 1 heterocycles. The van der Waals surface area contributed by atoms with Crippen molar-refractivity contribution in [1.29, 1.82) is 0 Å². The standard InChI is InChI=1S/C8H8FN2O/c1-3-4-5-11-8(12-2)7(9)6-10-11/h5H2,1-2H3. The molecule has 0 atom stereocenters. The van der Waals surface area contributed by atoms with Gasteiger partial charge in [-0.2, -0.15) is 9.49 Å². The molecule has 0 amide bonds. The van der Waals surface area contributed by atoms with Gasteiger partial charge >= 0.3 is 0 Å². The average molecular weight is 167 g/mol. The zero-order valence-electron chi connectivity index (χ0n) is 6.89. The molecule has 1 aromatic heterocycles. The molecule has 63 valence electrons. The minimum atomic E-state index is -0.588. The van der Waals surface area contributed by atoms with Crippen molar-refractivity contribution in [2.45, 2.75) is 13.5 Å². The molecule has 12 heavy (non-hydrogen) atoms. The van der Waals surface area contributed by atoms with E-state index in [9.17, 15) is 4.39 Å². The third-order valence-corrected chi connectivity index (χ3v) is 1.29. The molecule has 0 fully saturated rings. The summed E-state index contributed by atoms with van der Waals surface area (Å²) in [4.78, 5) is 0. The van der Waals surface area contributed by atoms with Gasteiger partial charge in [-0.15, -0.1) is 5.92 Å². The average Bonchev–Trinajstić information content (AvgIpc) is 2.43. The monoisotopic (exact) mass is 167 g/mol. The maximum Gasteiger partial charge on any atom is 0.250 e. The third-order valence-electron chi connectivity index (χ3n) is 1.29. The predicted octanol–water partition coefficient (Wildman–Crippen LogP) is 0.854. The molecule has 1 radical (unpaired) electrons. The quantitative estimate of drug-likeness (QED) is 0.611. The van der Waals surface area contributed by atoms with Gasteiger partial charge in [-0.25, -0.2) is 4.68 Å². The molecule has 1 rings (SSSR count). The van der Waals surface area contributed by atoms with Gasteiger partial charge in [0.1, 0.15) is 6.54 Å². The fourth-order valence-electron chi connectivity index (χ4n) is 0.767. The Labute approximate surface area is 70.1 Å². The second kappa shape index (κ2) is 3.77. The van der Waals surface area contributed by atoms with E-state index in [4.69, 9.17) is 4.74 Å². The highest BCUT2D eigenvalue weighted by Crippen LogP contribution is 2.13. The number of rotatable bonds is 2. The van der Waals surface area contributed by atoms with Gasteiger partial charge < -0.3 is 4.74 Å². The van der Waals surface area contributed by atoms with Gasteiger partial charge in [0.25, 0.3) is 0 Å². The van der Waals surface area contributed by atoms with Gasteiger partial charge in [0.2, 0.25) is 11.7 Å². The number of hydrogen-bond acceptors (Lipinski definition) is 2. The highest BCUT2D eigenvalue weighted by molar-refractivity contribution is 5.12. The van der Waals surface area contributed by atoms with Gasteiger partial charge in [-0.05, 0) is 6.92 Å². The van der Waals surface area contributed by atoms with Crippen LogP contribution < -0.4 is 4.74 Å². The normalized spacial score (nSPS) is 8.92. The number of halogens is 1. The SMILES string of the molecule is CC#CCn1n[c]c(F)c1OC. The molecule has 1 aromatic rings. The lowest BCUT2D eigenvalue weighted by molar-refractivity contribution is 0.347. The van der Waals surface area contributed by atoms with E-state index in [0.717, 1.165) is 0 Å². The van der Waals surface area contributed by atoms with Gasteiger partial charge in [-0.3, -0.25) is 0 Å². The maximum atomic E-state index is 12.7. The highest BCUT2D eigenvalue weighted by atomic mass is 19.1. The molecule has 0 N–H and O–H groups in total. The van der Waals surface area contributed by atoms with E-state index < -0.39 is 5.82 Å². The molecule has 0 spiro atoms. The van der Waals surface area contributed by atoms with E-state index in [-0.39, 0.29) is 5.88 Å². The molecule has 4 heteroatoms. The van der Waals surface area contributed by atoms with Crippen molar-refractivity contribution >= 4 is 0 Å². The van der Waals surface area contributed by atoms with Crippen LogP contribution in [-0.4, -0.2) is 16.9 Å². The summed E-state index contributed by atoms with van der Waals surface area (Å²) in [6, 6.07) is 0. The van der Waals surface area contributed by atoms with Gasteiger partial charge in [0.15, 0.2) is 6.20 Å². The smallest absolute Gasteiger partial charge is 0.250 e. The van der Waals surface area contributed by atoms with Crippen LogP contribution in [0.5, 0.6) is 5.88 Å². The van der Waals surface area contributed by atoms with Crippen LogP contribution in [0.25, 0.3) is 0 Å². The molecule has 0 aliphatic rings. The van der Waals surface area contributed by atoms with Crippen molar-refractivity contribution in [2.24, 2.45) is 0 Å². The molecule has 0 saturated carbocycles. The van der Waals surface area contributed by atoms with Crippen LogP contribution in [0.4, 0.5) is 4.39 Å². The Morgan fingerprint density at radius 1 is 1.75 bits per heavy atom. The lowest BCUT2D eigenvalue weighted by atomic mass is 10.6. The minimum Gasteiger partial charge on any atom is -0.479 e. The van der Waals surface area contributed by atoms with Crippen molar-refractivity contribution < 1.29 is 9.13 Å². The second-order valence-corrected chi connectivity index (χ2v) is 2.02. The Morgan fingerprint density at radius 3 is 3.08 bits per heavy atom. The van der Waals surface area contributed by atoms with E-state index in [1.54, 1.807) is 6.92 Å². The number of ether oxygens (including phenoxy) is 1. The predicted molar refractivity (Wildman–Crippen MR) is 41.0 cm³/mol. The van der Waals surface area contributed by atoms with Crippen LogP contribution >= 0.6 is 0 Å². The van der Waals surface area contributed by atoms with Crippen LogP contribution in [0, 0.1) is 23.9 Å². The fraction of sp³-hybridized carbons (Fsp3) is 0.375. The molecule has 0 aliphatic carbocycles. The van der Waals surface area contributed by atoms with Gasteiger partial charge in [0.05, 0.1) is 7.11 Å². The van der Waals surface area contributed by atoms with Crippen molar-refractivity contribution in [3.63, 3.8) is 0 Å². The Morgan fingerprint density at radius 2 is 2.50 bits per heavy atom. The lowest BCUT2D eigenvalue weighted by Crippen LogP contribution is -2.01. The molecule has 0 aromatic carbocycles. The van der Waals surface area contributed by atoms with E-state index >= 15 is 0 Å². The Balaban J connectivity index is 2.88. The first-order valence-corrected chi connectivity index (χ1v) is 3.37. The summed E-state index contributed by atoms with van der Waals surface area (Å²) in [7, 11) is 1.38. The Bertz CT molecular complexity index is 322. The number of aromatic nitrogens is 2. The lowest BCUT2D eigenvalue weighted by Gasteiger charge is -2.00. The van der Waals surface area contributed by atoms with E-state index in [2.05, 4.69) is 23.1 Å². The van der Waals surface area contributed by atoms with Crippen LogP contribution in [0.1, 0.15) is 6.92 Å². The van der Waals surface area contributed by atoms with Crippen LogP contribution in [0.15, 0.2) is 0 Å². The van der Waals surface area contributed by atoms with Crippen molar-refractivity contribution in [2.75, 3.05) is 7.11 Å². The molecule has 0 unspecified atom stereocenters. The number of hydrogen-bond donors (Lipinski definition) is 0. The summed E-state index contributed by atoms with van der Waals surface area (Å²) in [6.07, 6.45) is 2.15. The molecule has 0 bridgehead atoms. The van der Waals surface area contributed by atoms with Crippen molar-refractivity contribution in [3.8, 4) is 17.7 Å². The van der Waals surface area contributed by atoms with Crippen LogP contribution in [0.2, 0.25) is 0 Å². The molecule has 0 saturated heterocycles. The van der Waals surface area contributed by atoms with Crippen molar-refractivity contribution in [3.05, 3.63) is 12.0 Å². The summed E-state index contributed by atoms with van der Waals surface area (Å²) in [5.41, 5.74) is 0. The summed E-state index contributed by atoms with van der Waals surface area (Å²) >= 11 is 0. The largest absolute Gasteiger partial charge is 0.479 e. The van der Waals surface area contributed by atoms with Crippen LogP contribution in [0.3, 0.4) is 0 Å². The highest BCUT2D eigenvalue weighted by Gasteiger charge is 2.09. The Kier molecular flexibility index (Phi) is 2.70. The molecular formula is C8H8FN2O. The first-order chi connectivity index (χ1) is 5.79. The van der Waals surface area contributed by atoms with Gasteiger partial charge in [-0.1, -0.05) is 5.92 Å². The van der Waals surface area contributed by atoms with E-state index in [1.165, 1.54) is 11.8 Å². The first kappa shape index (κ1) is 8.60. The molecule has 3 nitrogen and oxygen atoms in total. The van der Waals surface area contributed by atoms with Crippen LogP contribution in [-0.2, 0) is 6.54 Å². The Hall–Kier alpha value is -1.50.